The highest BCUT2D eigenvalue weighted by Gasteiger charge is 2.27. The highest BCUT2D eigenvalue weighted by Crippen LogP contribution is 2.30. The van der Waals surface area contributed by atoms with Gasteiger partial charge in [-0.1, -0.05) is 20.8 Å². The number of anilines is 1. The number of carbonyl (C=O) groups is 1. The van der Waals surface area contributed by atoms with Gasteiger partial charge in [0.1, 0.15) is 0 Å². The Bertz CT molecular complexity index is 458. The van der Waals surface area contributed by atoms with Crippen LogP contribution in [0.5, 0.6) is 11.5 Å². The largest absolute Gasteiger partial charge is 0.493 e. The zero-order valence-electron chi connectivity index (χ0n) is 12.5. The van der Waals surface area contributed by atoms with Crippen LogP contribution in [0.3, 0.4) is 0 Å². The number of nitrogens with two attached hydrogens (primary N) is 1. The second-order valence-corrected chi connectivity index (χ2v) is 5.40. The first-order valence-corrected chi connectivity index (χ1v) is 6.08. The van der Waals surface area contributed by atoms with E-state index in [0.29, 0.717) is 17.2 Å². The highest BCUT2D eigenvalue weighted by molar-refractivity contribution is 5.95. The minimum atomic E-state index is -0.583. The van der Waals surface area contributed by atoms with Gasteiger partial charge in [0.05, 0.1) is 20.3 Å². The Hall–Kier alpha value is -1.46. The minimum absolute atomic E-state index is 0. The Balaban J connectivity index is 0.00000361. The minimum Gasteiger partial charge on any atom is -0.493 e. The first kappa shape index (κ1) is 18.5. The zero-order chi connectivity index (χ0) is 14.6. The molecule has 20 heavy (non-hydrogen) atoms. The lowest BCUT2D eigenvalue weighted by molar-refractivity contribution is -0.119. The van der Waals surface area contributed by atoms with Crippen LogP contribution in [0.25, 0.3) is 0 Å². The monoisotopic (exact) mass is 302 g/mol. The molecule has 6 heteroatoms. The summed E-state index contributed by atoms with van der Waals surface area (Å²) in [5.74, 6) is 0.949. The summed E-state index contributed by atoms with van der Waals surface area (Å²) < 4.78 is 10.3. The van der Waals surface area contributed by atoms with Gasteiger partial charge < -0.3 is 20.5 Å². The molecule has 1 amide bonds. The molecule has 0 spiro atoms. The van der Waals surface area contributed by atoms with Gasteiger partial charge in [-0.05, 0) is 17.5 Å². The van der Waals surface area contributed by atoms with Crippen molar-refractivity contribution in [2.24, 2.45) is 11.1 Å². The van der Waals surface area contributed by atoms with Gasteiger partial charge in [0.2, 0.25) is 5.91 Å². The summed E-state index contributed by atoms with van der Waals surface area (Å²) in [5.41, 5.74) is 6.24. The normalized spacial score (nSPS) is 12.1. The van der Waals surface area contributed by atoms with Gasteiger partial charge in [-0.25, -0.2) is 0 Å². The zero-order valence-corrected chi connectivity index (χ0v) is 13.3. The van der Waals surface area contributed by atoms with Crippen LogP contribution in [0.4, 0.5) is 5.69 Å². The van der Waals surface area contributed by atoms with Crippen LogP contribution in [-0.2, 0) is 4.79 Å². The van der Waals surface area contributed by atoms with Crippen molar-refractivity contribution in [3.05, 3.63) is 18.2 Å². The molecular weight excluding hydrogens is 280 g/mol. The SMILES string of the molecule is COc1ccc(NC(=O)[C@@H](N)C(C)(C)C)cc1OC.Cl. The molecule has 0 bridgehead atoms. The molecule has 1 atom stereocenters. The van der Waals surface area contributed by atoms with Crippen molar-refractivity contribution < 1.29 is 14.3 Å². The van der Waals surface area contributed by atoms with E-state index in [1.165, 1.54) is 0 Å². The van der Waals surface area contributed by atoms with Crippen molar-refractivity contribution in [3.63, 3.8) is 0 Å². The Morgan fingerprint density at radius 1 is 1.20 bits per heavy atom. The number of rotatable bonds is 4. The van der Waals surface area contributed by atoms with Crippen molar-refractivity contribution in [2.75, 3.05) is 19.5 Å². The third-order valence-corrected chi connectivity index (χ3v) is 2.87. The molecule has 1 aromatic rings. The predicted molar refractivity (Wildman–Crippen MR) is 82.9 cm³/mol. The third kappa shape index (κ3) is 4.58. The van der Waals surface area contributed by atoms with Crippen molar-refractivity contribution in [1.82, 2.24) is 0 Å². The lowest BCUT2D eigenvalue weighted by Crippen LogP contribution is -2.45. The second-order valence-electron chi connectivity index (χ2n) is 5.40. The maximum absolute atomic E-state index is 12.0. The summed E-state index contributed by atoms with van der Waals surface area (Å²) in [6.07, 6.45) is 0. The summed E-state index contributed by atoms with van der Waals surface area (Å²) in [4.78, 5) is 12.0. The number of hydrogen-bond acceptors (Lipinski definition) is 4. The second kappa shape index (κ2) is 7.36. The van der Waals surface area contributed by atoms with Gasteiger partial charge in [0, 0.05) is 11.8 Å². The van der Waals surface area contributed by atoms with Gasteiger partial charge in [0.25, 0.3) is 0 Å². The number of carbonyl (C=O) groups excluding carboxylic acids is 1. The van der Waals surface area contributed by atoms with Crippen LogP contribution in [0.2, 0.25) is 0 Å². The summed E-state index contributed by atoms with van der Waals surface area (Å²) in [7, 11) is 3.11. The fourth-order valence-electron chi connectivity index (χ4n) is 1.53. The number of hydrogen-bond donors (Lipinski definition) is 2. The molecule has 0 aliphatic rings. The molecule has 0 aliphatic carbocycles. The molecular formula is C14H23ClN2O3. The molecule has 0 radical (unpaired) electrons. The van der Waals surface area contributed by atoms with Crippen LogP contribution in [-0.4, -0.2) is 26.2 Å². The van der Waals surface area contributed by atoms with Crippen molar-refractivity contribution in [2.45, 2.75) is 26.8 Å². The fourth-order valence-corrected chi connectivity index (χ4v) is 1.53. The molecule has 114 valence electrons. The van der Waals surface area contributed by atoms with E-state index in [1.54, 1.807) is 32.4 Å². The maximum atomic E-state index is 12.0. The summed E-state index contributed by atoms with van der Waals surface area (Å²) in [6.45, 7) is 5.77. The van der Waals surface area contributed by atoms with Gasteiger partial charge in [-0.2, -0.15) is 0 Å². The van der Waals surface area contributed by atoms with Crippen LogP contribution in [0.15, 0.2) is 18.2 Å². The molecule has 5 nitrogen and oxygen atoms in total. The van der Waals surface area contributed by atoms with Crippen LogP contribution < -0.4 is 20.5 Å². The molecule has 3 N–H and O–H groups in total. The quantitative estimate of drug-likeness (QED) is 0.896. The topological polar surface area (TPSA) is 73.6 Å². The number of amides is 1. The van der Waals surface area contributed by atoms with E-state index >= 15 is 0 Å². The van der Waals surface area contributed by atoms with E-state index in [9.17, 15) is 4.79 Å². The van der Waals surface area contributed by atoms with Crippen molar-refractivity contribution in [1.29, 1.82) is 0 Å². The van der Waals surface area contributed by atoms with E-state index < -0.39 is 6.04 Å². The fraction of sp³-hybridized carbons (Fsp3) is 0.500. The molecule has 1 rings (SSSR count). The average Bonchev–Trinajstić information content (AvgIpc) is 2.36. The van der Waals surface area contributed by atoms with Gasteiger partial charge >= 0.3 is 0 Å². The maximum Gasteiger partial charge on any atom is 0.241 e. The third-order valence-electron chi connectivity index (χ3n) is 2.87. The van der Waals surface area contributed by atoms with E-state index in [-0.39, 0.29) is 23.7 Å². The number of ether oxygens (including phenoxy) is 2. The number of nitrogens with one attached hydrogen (secondary N) is 1. The van der Waals surface area contributed by atoms with E-state index in [1.807, 2.05) is 20.8 Å². The Labute approximate surface area is 126 Å². The van der Waals surface area contributed by atoms with Crippen molar-refractivity contribution >= 4 is 24.0 Å². The summed E-state index contributed by atoms with van der Waals surface area (Å²) in [5, 5.41) is 2.77. The molecule has 0 aliphatic heterocycles. The number of halogens is 1. The lowest BCUT2D eigenvalue weighted by Gasteiger charge is -2.25. The lowest BCUT2D eigenvalue weighted by atomic mass is 9.87. The molecule has 0 fully saturated rings. The first-order valence-electron chi connectivity index (χ1n) is 6.08. The van der Waals surface area contributed by atoms with Gasteiger partial charge in [-0.3, -0.25) is 4.79 Å². The van der Waals surface area contributed by atoms with Crippen LogP contribution in [0.1, 0.15) is 20.8 Å². The molecule has 0 saturated carbocycles. The Kier molecular flexibility index (Phi) is 6.82. The van der Waals surface area contributed by atoms with Gasteiger partial charge in [0.15, 0.2) is 11.5 Å². The smallest absolute Gasteiger partial charge is 0.241 e. The molecule has 0 heterocycles. The van der Waals surface area contributed by atoms with E-state index in [2.05, 4.69) is 5.32 Å². The number of methoxy groups -OCH3 is 2. The van der Waals surface area contributed by atoms with Crippen LogP contribution >= 0.6 is 12.4 Å². The summed E-state index contributed by atoms with van der Waals surface area (Å²) >= 11 is 0. The molecule has 0 aromatic heterocycles. The number of benzene rings is 1. The molecule has 0 unspecified atom stereocenters. The van der Waals surface area contributed by atoms with Crippen molar-refractivity contribution in [3.8, 4) is 11.5 Å². The summed E-state index contributed by atoms with van der Waals surface area (Å²) in [6, 6.07) is 4.60. The predicted octanol–water partition coefficient (Wildman–Crippen LogP) is 2.44. The Morgan fingerprint density at radius 3 is 2.20 bits per heavy atom. The average molecular weight is 303 g/mol. The standard InChI is InChI=1S/C14H22N2O3.ClH/c1-14(2,3)12(15)13(17)16-9-6-7-10(18-4)11(8-9)19-5;/h6-8,12H,15H2,1-5H3,(H,16,17);1H/t12-;/m1./s1. The highest BCUT2D eigenvalue weighted by atomic mass is 35.5. The van der Waals surface area contributed by atoms with Gasteiger partial charge in [-0.15, -0.1) is 12.4 Å². The molecule has 0 saturated heterocycles. The first-order chi connectivity index (χ1) is 8.79. The van der Waals surface area contributed by atoms with E-state index in [4.69, 9.17) is 15.2 Å². The Morgan fingerprint density at radius 2 is 1.75 bits per heavy atom. The molecule has 1 aromatic carbocycles. The van der Waals surface area contributed by atoms with E-state index in [0.717, 1.165) is 0 Å². The van der Waals surface area contributed by atoms with Crippen LogP contribution in [0, 0.1) is 5.41 Å².